The average molecular weight is 277 g/mol. The van der Waals surface area contributed by atoms with Crippen LogP contribution < -0.4 is 0 Å². The smallest absolute Gasteiger partial charge is 0.335 e. The van der Waals surface area contributed by atoms with Crippen LogP contribution in [0.4, 0.5) is 4.39 Å². The molecule has 1 N–H and O–H groups in total. The predicted molar refractivity (Wildman–Crippen MR) is 71.9 cm³/mol. The highest BCUT2D eigenvalue weighted by atomic mass is 19.1. The zero-order chi connectivity index (χ0) is 14.5. The molecule has 1 aromatic heterocycles. The largest absolute Gasteiger partial charge is 0.478 e. The lowest BCUT2D eigenvalue weighted by atomic mass is 10.1. The summed E-state index contributed by atoms with van der Waals surface area (Å²) in [5, 5.41) is 12.9. The van der Waals surface area contributed by atoms with Crippen molar-refractivity contribution in [1.82, 2.24) is 14.7 Å². The number of hydrogen-bond acceptors (Lipinski definition) is 3. The maximum absolute atomic E-state index is 13.8. The van der Waals surface area contributed by atoms with Crippen LogP contribution in [-0.2, 0) is 13.1 Å². The van der Waals surface area contributed by atoms with E-state index in [0.717, 1.165) is 19.2 Å². The molecule has 1 aromatic carbocycles. The second kappa shape index (κ2) is 6.29. The van der Waals surface area contributed by atoms with E-state index in [1.807, 2.05) is 24.2 Å². The third-order valence-electron chi connectivity index (χ3n) is 3.01. The van der Waals surface area contributed by atoms with Crippen molar-refractivity contribution in [3.63, 3.8) is 0 Å². The van der Waals surface area contributed by atoms with E-state index >= 15 is 0 Å². The molecule has 0 saturated heterocycles. The van der Waals surface area contributed by atoms with Crippen molar-refractivity contribution in [3.8, 4) is 0 Å². The molecule has 6 heteroatoms. The van der Waals surface area contributed by atoms with Gasteiger partial charge >= 0.3 is 5.97 Å². The lowest BCUT2D eigenvalue weighted by Gasteiger charge is -2.17. The molecule has 0 atom stereocenters. The minimum absolute atomic E-state index is 0.0366. The van der Waals surface area contributed by atoms with Gasteiger partial charge in [-0.3, -0.25) is 4.68 Å². The molecule has 5 nitrogen and oxygen atoms in total. The van der Waals surface area contributed by atoms with E-state index in [1.54, 1.807) is 10.9 Å². The van der Waals surface area contributed by atoms with E-state index in [2.05, 4.69) is 5.10 Å². The summed E-state index contributed by atoms with van der Waals surface area (Å²) >= 11 is 0. The maximum atomic E-state index is 13.8. The Bertz CT molecular complexity index is 584. The Morgan fingerprint density at radius 1 is 1.50 bits per heavy atom. The Hall–Kier alpha value is -2.21. The molecule has 2 rings (SSSR count). The molecule has 0 fully saturated rings. The van der Waals surface area contributed by atoms with Gasteiger partial charge < -0.3 is 10.0 Å². The van der Waals surface area contributed by atoms with E-state index in [9.17, 15) is 9.18 Å². The van der Waals surface area contributed by atoms with Crippen molar-refractivity contribution in [2.75, 3.05) is 13.6 Å². The second-order valence-electron chi connectivity index (χ2n) is 4.62. The van der Waals surface area contributed by atoms with Gasteiger partial charge in [-0.15, -0.1) is 0 Å². The highest BCUT2D eigenvalue weighted by Gasteiger charge is 2.10. The van der Waals surface area contributed by atoms with Crippen LogP contribution in [0.1, 0.15) is 15.9 Å². The van der Waals surface area contributed by atoms with Crippen molar-refractivity contribution in [2.45, 2.75) is 13.1 Å². The quantitative estimate of drug-likeness (QED) is 0.875. The number of aromatic carboxylic acids is 1. The molecule has 2 aromatic rings. The first-order chi connectivity index (χ1) is 9.56. The van der Waals surface area contributed by atoms with Crippen LogP contribution in [0.3, 0.4) is 0 Å². The number of hydrogen-bond donors (Lipinski definition) is 1. The monoisotopic (exact) mass is 277 g/mol. The van der Waals surface area contributed by atoms with E-state index in [1.165, 1.54) is 12.1 Å². The lowest BCUT2D eigenvalue weighted by molar-refractivity contribution is 0.0696. The first-order valence-electron chi connectivity index (χ1n) is 6.24. The van der Waals surface area contributed by atoms with Crippen molar-refractivity contribution in [2.24, 2.45) is 0 Å². The van der Waals surface area contributed by atoms with Crippen LogP contribution in [0.5, 0.6) is 0 Å². The Labute approximate surface area is 116 Å². The lowest BCUT2D eigenvalue weighted by Crippen LogP contribution is -2.23. The molecule has 0 aliphatic rings. The number of carboxylic acids is 1. The minimum atomic E-state index is -1.12. The summed E-state index contributed by atoms with van der Waals surface area (Å²) in [6.07, 6.45) is 3.58. The molecule has 1 heterocycles. The zero-order valence-corrected chi connectivity index (χ0v) is 11.2. The van der Waals surface area contributed by atoms with Crippen molar-refractivity contribution in [3.05, 3.63) is 53.6 Å². The summed E-state index contributed by atoms with van der Waals surface area (Å²) < 4.78 is 15.6. The van der Waals surface area contributed by atoms with Gasteiger partial charge in [0.2, 0.25) is 0 Å². The fourth-order valence-corrected chi connectivity index (χ4v) is 1.88. The summed E-state index contributed by atoms with van der Waals surface area (Å²) in [5.74, 6) is -1.61. The van der Waals surface area contributed by atoms with Gasteiger partial charge in [-0.2, -0.15) is 5.10 Å². The SMILES string of the molecule is CN(CCn1cccn1)Cc1ccc(C(=O)O)cc1F. The third kappa shape index (κ3) is 3.64. The second-order valence-corrected chi connectivity index (χ2v) is 4.62. The molecule has 0 saturated carbocycles. The Kier molecular flexibility index (Phi) is 4.47. The normalized spacial score (nSPS) is 10.9. The van der Waals surface area contributed by atoms with Gasteiger partial charge in [-0.05, 0) is 25.2 Å². The van der Waals surface area contributed by atoms with Crippen LogP contribution in [0.25, 0.3) is 0 Å². The summed E-state index contributed by atoms with van der Waals surface area (Å²) in [4.78, 5) is 12.7. The topological polar surface area (TPSA) is 58.4 Å². The van der Waals surface area contributed by atoms with Crippen LogP contribution in [0, 0.1) is 5.82 Å². The van der Waals surface area contributed by atoms with E-state index in [-0.39, 0.29) is 5.56 Å². The Balaban J connectivity index is 1.93. The number of benzene rings is 1. The molecule has 0 bridgehead atoms. The van der Waals surface area contributed by atoms with Crippen molar-refractivity contribution in [1.29, 1.82) is 0 Å². The van der Waals surface area contributed by atoms with Gasteiger partial charge in [0.15, 0.2) is 0 Å². The van der Waals surface area contributed by atoms with E-state index in [0.29, 0.717) is 12.1 Å². The zero-order valence-electron chi connectivity index (χ0n) is 11.2. The van der Waals surface area contributed by atoms with Crippen LogP contribution in [0.15, 0.2) is 36.7 Å². The molecule has 0 amide bonds. The fraction of sp³-hybridized carbons (Fsp3) is 0.286. The van der Waals surface area contributed by atoms with Crippen LogP contribution >= 0.6 is 0 Å². The number of aromatic nitrogens is 2. The summed E-state index contributed by atoms with van der Waals surface area (Å²) in [7, 11) is 1.88. The van der Waals surface area contributed by atoms with Crippen LogP contribution in [0.2, 0.25) is 0 Å². The van der Waals surface area contributed by atoms with E-state index in [4.69, 9.17) is 5.11 Å². The number of carbonyl (C=O) groups is 1. The van der Waals surface area contributed by atoms with Gasteiger partial charge in [-0.1, -0.05) is 6.07 Å². The number of carboxylic acid groups (broad SMARTS) is 1. The Morgan fingerprint density at radius 3 is 2.90 bits per heavy atom. The molecule has 0 radical (unpaired) electrons. The van der Waals surface area contributed by atoms with Gasteiger partial charge in [0.25, 0.3) is 0 Å². The molecule has 0 aliphatic carbocycles. The predicted octanol–water partition coefficient (Wildman–Crippen LogP) is 1.85. The Morgan fingerprint density at radius 2 is 2.30 bits per heavy atom. The number of likely N-dealkylation sites (N-methyl/N-ethyl adjacent to an activating group) is 1. The van der Waals surface area contributed by atoms with Crippen LogP contribution in [-0.4, -0.2) is 39.3 Å². The van der Waals surface area contributed by atoms with Crippen molar-refractivity contribution >= 4 is 5.97 Å². The van der Waals surface area contributed by atoms with Crippen molar-refractivity contribution < 1.29 is 14.3 Å². The molecule has 0 unspecified atom stereocenters. The summed E-state index contributed by atoms with van der Waals surface area (Å²) in [6.45, 7) is 1.87. The molecule has 20 heavy (non-hydrogen) atoms. The highest BCUT2D eigenvalue weighted by molar-refractivity contribution is 5.87. The molecular formula is C14H16FN3O2. The number of rotatable bonds is 6. The summed E-state index contributed by atoms with van der Waals surface area (Å²) in [6, 6.07) is 5.84. The van der Waals surface area contributed by atoms with Gasteiger partial charge in [0, 0.05) is 31.0 Å². The number of halogens is 1. The minimum Gasteiger partial charge on any atom is -0.478 e. The maximum Gasteiger partial charge on any atom is 0.335 e. The van der Waals surface area contributed by atoms with Gasteiger partial charge in [0.1, 0.15) is 5.82 Å². The number of nitrogens with zero attached hydrogens (tertiary/aromatic N) is 3. The first kappa shape index (κ1) is 14.2. The summed E-state index contributed by atoms with van der Waals surface area (Å²) in [5.41, 5.74) is 0.448. The molecule has 0 aliphatic heterocycles. The third-order valence-corrected chi connectivity index (χ3v) is 3.01. The highest BCUT2D eigenvalue weighted by Crippen LogP contribution is 2.12. The first-order valence-corrected chi connectivity index (χ1v) is 6.24. The standard InChI is InChI=1S/C14H16FN3O2/c1-17(7-8-18-6-2-5-16-18)10-12-4-3-11(14(19)20)9-13(12)15/h2-6,9H,7-8,10H2,1H3,(H,19,20). The molecular weight excluding hydrogens is 261 g/mol. The fourth-order valence-electron chi connectivity index (χ4n) is 1.88. The van der Waals surface area contributed by atoms with Gasteiger partial charge in [0.05, 0.1) is 12.1 Å². The van der Waals surface area contributed by atoms with E-state index < -0.39 is 11.8 Å². The molecule has 0 spiro atoms. The molecule has 106 valence electrons. The van der Waals surface area contributed by atoms with Gasteiger partial charge in [-0.25, -0.2) is 9.18 Å². The average Bonchev–Trinajstić information content (AvgIpc) is 2.91.